The number of halogens is 2. The average molecular weight is 301 g/mol. The van der Waals surface area contributed by atoms with E-state index in [0.29, 0.717) is 15.6 Å². The van der Waals surface area contributed by atoms with Crippen molar-refractivity contribution in [3.05, 3.63) is 33.8 Å². The molecule has 0 bridgehead atoms. The van der Waals surface area contributed by atoms with Crippen molar-refractivity contribution < 1.29 is 4.79 Å². The Labute approximate surface area is 123 Å². The Kier molecular flexibility index (Phi) is 4.71. The molecule has 3 nitrogen and oxygen atoms in total. The van der Waals surface area contributed by atoms with Crippen LogP contribution >= 0.6 is 23.2 Å². The first kappa shape index (κ1) is 14.6. The minimum atomic E-state index is -0.0760. The molecule has 2 N–H and O–H groups in total. The van der Waals surface area contributed by atoms with Crippen molar-refractivity contribution in [2.75, 3.05) is 7.05 Å². The number of benzene rings is 1. The second kappa shape index (κ2) is 6.12. The Morgan fingerprint density at radius 3 is 2.53 bits per heavy atom. The van der Waals surface area contributed by atoms with Crippen LogP contribution in [0.3, 0.4) is 0 Å². The van der Waals surface area contributed by atoms with Crippen LogP contribution < -0.4 is 5.73 Å². The van der Waals surface area contributed by atoms with Gasteiger partial charge in [-0.2, -0.15) is 0 Å². The van der Waals surface area contributed by atoms with Gasteiger partial charge in [0.15, 0.2) is 0 Å². The van der Waals surface area contributed by atoms with Gasteiger partial charge in [0.25, 0.3) is 5.91 Å². The Morgan fingerprint density at radius 2 is 1.89 bits per heavy atom. The molecule has 0 aliphatic heterocycles. The molecule has 2 rings (SSSR count). The lowest BCUT2D eigenvalue weighted by atomic mass is 9.90. The summed E-state index contributed by atoms with van der Waals surface area (Å²) in [4.78, 5) is 14.2. The summed E-state index contributed by atoms with van der Waals surface area (Å²) in [5.74, 6) is -0.0760. The minimum absolute atomic E-state index is 0.0760. The SMILES string of the molecule is CN(C(=O)c1cccc(Cl)c1Cl)C1CCC(N)CC1. The third kappa shape index (κ3) is 3.22. The zero-order chi connectivity index (χ0) is 14.0. The zero-order valence-electron chi connectivity index (χ0n) is 10.9. The van der Waals surface area contributed by atoms with Crippen molar-refractivity contribution in [3.63, 3.8) is 0 Å². The number of hydrogen-bond acceptors (Lipinski definition) is 2. The summed E-state index contributed by atoms with van der Waals surface area (Å²) >= 11 is 12.0. The molecule has 1 aliphatic rings. The third-order valence-corrected chi connectivity index (χ3v) is 4.61. The number of nitrogens with zero attached hydrogens (tertiary/aromatic N) is 1. The van der Waals surface area contributed by atoms with Gasteiger partial charge in [-0.1, -0.05) is 29.3 Å². The van der Waals surface area contributed by atoms with Crippen LogP contribution in [0.25, 0.3) is 0 Å². The maximum atomic E-state index is 12.5. The Hall–Kier alpha value is -0.770. The molecule has 1 amide bonds. The van der Waals surface area contributed by atoms with Crippen LogP contribution in [0.4, 0.5) is 0 Å². The molecule has 0 aromatic heterocycles. The van der Waals surface area contributed by atoms with E-state index in [2.05, 4.69) is 0 Å². The van der Waals surface area contributed by atoms with Crippen LogP contribution in [0, 0.1) is 0 Å². The zero-order valence-corrected chi connectivity index (χ0v) is 12.4. The molecule has 1 aromatic carbocycles. The predicted octanol–water partition coefficient (Wildman–Crippen LogP) is 3.34. The lowest BCUT2D eigenvalue weighted by Gasteiger charge is -2.33. The molecule has 5 heteroatoms. The molecule has 0 heterocycles. The Morgan fingerprint density at radius 1 is 1.26 bits per heavy atom. The molecule has 1 saturated carbocycles. The fourth-order valence-electron chi connectivity index (χ4n) is 2.51. The summed E-state index contributed by atoms with van der Waals surface area (Å²) in [5, 5.41) is 0.736. The highest BCUT2D eigenvalue weighted by molar-refractivity contribution is 6.43. The first-order valence-electron chi connectivity index (χ1n) is 6.47. The van der Waals surface area contributed by atoms with Gasteiger partial charge in [-0.05, 0) is 37.8 Å². The van der Waals surface area contributed by atoms with E-state index in [1.165, 1.54) is 0 Å². The molecule has 0 spiro atoms. The highest BCUT2D eigenvalue weighted by Crippen LogP contribution is 2.28. The third-order valence-electron chi connectivity index (χ3n) is 3.79. The second-order valence-electron chi connectivity index (χ2n) is 5.09. The summed E-state index contributed by atoms with van der Waals surface area (Å²) in [6.45, 7) is 0. The second-order valence-corrected chi connectivity index (χ2v) is 5.87. The van der Waals surface area contributed by atoms with E-state index < -0.39 is 0 Å². The van der Waals surface area contributed by atoms with E-state index in [1.54, 1.807) is 23.1 Å². The molecule has 104 valence electrons. The van der Waals surface area contributed by atoms with E-state index in [-0.39, 0.29) is 18.0 Å². The molecule has 0 unspecified atom stereocenters. The van der Waals surface area contributed by atoms with E-state index in [0.717, 1.165) is 25.7 Å². The van der Waals surface area contributed by atoms with Gasteiger partial charge in [0.1, 0.15) is 0 Å². The molecular weight excluding hydrogens is 283 g/mol. The minimum Gasteiger partial charge on any atom is -0.339 e. The Bertz CT molecular complexity index is 471. The van der Waals surface area contributed by atoms with Gasteiger partial charge in [-0.3, -0.25) is 4.79 Å². The lowest BCUT2D eigenvalue weighted by molar-refractivity contribution is 0.0690. The van der Waals surface area contributed by atoms with Crippen molar-refractivity contribution in [1.29, 1.82) is 0 Å². The van der Waals surface area contributed by atoms with Gasteiger partial charge < -0.3 is 10.6 Å². The highest BCUT2D eigenvalue weighted by Gasteiger charge is 2.26. The van der Waals surface area contributed by atoms with E-state index >= 15 is 0 Å². The van der Waals surface area contributed by atoms with Gasteiger partial charge in [0, 0.05) is 19.1 Å². The van der Waals surface area contributed by atoms with Gasteiger partial charge in [0.2, 0.25) is 0 Å². The smallest absolute Gasteiger partial charge is 0.255 e. The monoisotopic (exact) mass is 300 g/mol. The normalized spacial score (nSPS) is 23.2. The first-order chi connectivity index (χ1) is 9.00. The summed E-state index contributed by atoms with van der Waals surface area (Å²) in [6.07, 6.45) is 3.82. The largest absolute Gasteiger partial charge is 0.339 e. The van der Waals surface area contributed by atoms with Crippen LogP contribution in [-0.4, -0.2) is 29.9 Å². The van der Waals surface area contributed by atoms with Gasteiger partial charge in [-0.15, -0.1) is 0 Å². The highest BCUT2D eigenvalue weighted by atomic mass is 35.5. The van der Waals surface area contributed by atoms with Gasteiger partial charge in [-0.25, -0.2) is 0 Å². The number of carbonyl (C=O) groups is 1. The van der Waals surface area contributed by atoms with Crippen LogP contribution in [0.1, 0.15) is 36.0 Å². The van der Waals surface area contributed by atoms with Gasteiger partial charge in [0.05, 0.1) is 15.6 Å². The summed E-state index contributed by atoms with van der Waals surface area (Å²) in [6, 6.07) is 5.64. The fraction of sp³-hybridized carbons (Fsp3) is 0.500. The summed E-state index contributed by atoms with van der Waals surface area (Å²) < 4.78 is 0. The van der Waals surface area contributed by atoms with Gasteiger partial charge >= 0.3 is 0 Å². The van der Waals surface area contributed by atoms with E-state index in [9.17, 15) is 4.79 Å². The Balaban J connectivity index is 2.13. The average Bonchev–Trinajstić information content (AvgIpc) is 2.41. The summed E-state index contributed by atoms with van der Waals surface area (Å²) in [5.41, 5.74) is 6.35. The first-order valence-corrected chi connectivity index (χ1v) is 7.23. The maximum absolute atomic E-state index is 12.5. The lowest BCUT2D eigenvalue weighted by Crippen LogP contribution is -2.41. The number of nitrogens with two attached hydrogens (primary N) is 1. The molecular formula is C14H18Cl2N2O. The van der Waals surface area contributed by atoms with E-state index in [4.69, 9.17) is 28.9 Å². The van der Waals surface area contributed by atoms with Crippen molar-refractivity contribution in [2.45, 2.75) is 37.8 Å². The predicted molar refractivity (Wildman–Crippen MR) is 78.8 cm³/mol. The number of carbonyl (C=O) groups excluding carboxylic acids is 1. The van der Waals surface area contributed by atoms with E-state index in [1.807, 2.05) is 7.05 Å². The molecule has 1 aliphatic carbocycles. The topological polar surface area (TPSA) is 46.3 Å². The summed E-state index contributed by atoms with van der Waals surface area (Å²) in [7, 11) is 1.82. The van der Waals surface area contributed by atoms with Crippen LogP contribution in [0.5, 0.6) is 0 Å². The molecule has 1 aromatic rings. The van der Waals surface area contributed by atoms with Crippen LogP contribution in [0.2, 0.25) is 10.0 Å². The van der Waals surface area contributed by atoms with Crippen LogP contribution in [0.15, 0.2) is 18.2 Å². The number of hydrogen-bond donors (Lipinski definition) is 1. The van der Waals surface area contributed by atoms with Crippen LogP contribution in [-0.2, 0) is 0 Å². The number of rotatable bonds is 2. The molecule has 0 radical (unpaired) electrons. The molecule has 19 heavy (non-hydrogen) atoms. The molecule has 0 saturated heterocycles. The van der Waals surface area contributed by atoms with Crippen molar-refractivity contribution >= 4 is 29.1 Å². The quantitative estimate of drug-likeness (QED) is 0.910. The standard InChI is InChI=1S/C14H18Cl2N2O/c1-18(10-7-5-9(17)6-8-10)14(19)11-3-2-4-12(15)13(11)16/h2-4,9-10H,5-8,17H2,1H3. The maximum Gasteiger partial charge on any atom is 0.255 e. The number of amides is 1. The molecule has 1 fully saturated rings. The molecule has 0 atom stereocenters. The fourth-order valence-corrected chi connectivity index (χ4v) is 2.90. The van der Waals surface area contributed by atoms with Crippen molar-refractivity contribution in [3.8, 4) is 0 Å². The van der Waals surface area contributed by atoms with Crippen molar-refractivity contribution in [2.24, 2.45) is 5.73 Å². The van der Waals surface area contributed by atoms with Crippen molar-refractivity contribution in [1.82, 2.24) is 4.90 Å².